The van der Waals surface area contributed by atoms with Gasteiger partial charge in [0.05, 0.1) is 12.8 Å². The number of benzene rings is 2. The molecule has 1 aliphatic rings. The van der Waals surface area contributed by atoms with E-state index < -0.39 is 11.8 Å². The molecule has 1 saturated heterocycles. The summed E-state index contributed by atoms with van der Waals surface area (Å²) in [6.07, 6.45) is 1.40. The second-order valence-corrected chi connectivity index (χ2v) is 6.11. The van der Waals surface area contributed by atoms with Gasteiger partial charge in [-0.15, -0.1) is 0 Å². The zero-order chi connectivity index (χ0) is 18.8. The highest BCUT2D eigenvalue weighted by molar-refractivity contribution is 7.80. The van der Waals surface area contributed by atoms with Crippen molar-refractivity contribution in [1.29, 1.82) is 0 Å². The van der Waals surface area contributed by atoms with E-state index in [2.05, 4.69) is 5.32 Å². The molecular weight excluding hydrogens is 352 g/mol. The van der Waals surface area contributed by atoms with Gasteiger partial charge in [0.15, 0.2) is 16.6 Å². The van der Waals surface area contributed by atoms with Crippen LogP contribution in [0.25, 0.3) is 6.08 Å². The highest BCUT2D eigenvalue weighted by atomic mass is 32.1. The molecule has 0 aliphatic carbocycles. The van der Waals surface area contributed by atoms with E-state index >= 15 is 0 Å². The highest BCUT2D eigenvalue weighted by Gasteiger charge is 2.34. The van der Waals surface area contributed by atoms with E-state index in [0.717, 1.165) is 5.56 Å². The Morgan fingerprint density at radius 2 is 1.85 bits per heavy atom. The van der Waals surface area contributed by atoms with Crippen LogP contribution in [-0.2, 0) is 9.59 Å². The van der Waals surface area contributed by atoms with Crippen LogP contribution in [0.3, 0.4) is 0 Å². The van der Waals surface area contributed by atoms with Crippen LogP contribution in [0.15, 0.2) is 48.0 Å². The fourth-order valence-electron chi connectivity index (χ4n) is 2.55. The maximum atomic E-state index is 12.9. The molecule has 0 unspecified atom stereocenters. The second kappa shape index (κ2) is 6.97. The van der Waals surface area contributed by atoms with Crippen molar-refractivity contribution in [2.24, 2.45) is 0 Å². The van der Waals surface area contributed by atoms with Crippen molar-refractivity contribution in [2.45, 2.75) is 6.92 Å². The van der Waals surface area contributed by atoms with Crippen molar-refractivity contribution in [3.63, 3.8) is 0 Å². The molecule has 1 aliphatic heterocycles. The quantitative estimate of drug-likeness (QED) is 0.495. The molecule has 2 aromatic rings. The average molecular weight is 368 g/mol. The Kier molecular flexibility index (Phi) is 4.73. The lowest BCUT2D eigenvalue weighted by Gasteiger charge is -2.29. The summed E-state index contributed by atoms with van der Waals surface area (Å²) in [6.45, 7) is 1.93. The van der Waals surface area contributed by atoms with Gasteiger partial charge in [-0.3, -0.25) is 19.8 Å². The number of methoxy groups -OCH3 is 1. The first kappa shape index (κ1) is 17.6. The third-order valence-corrected chi connectivity index (χ3v) is 4.19. The number of nitrogens with zero attached hydrogens (tertiary/aromatic N) is 1. The van der Waals surface area contributed by atoms with E-state index in [0.29, 0.717) is 17.0 Å². The number of phenolic OH excluding ortho intramolecular Hbond substituents is 1. The Morgan fingerprint density at radius 3 is 2.46 bits per heavy atom. The summed E-state index contributed by atoms with van der Waals surface area (Å²) in [5.74, 6) is -0.901. The third kappa shape index (κ3) is 3.29. The Labute approximate surface area is 155 Å². The van der Waals surface area contributed by atoms with Gasteiger partial charge in [0.1, 0.15) is 5.57 Å². The molecule has 7 heteroatoms. The van der Waals surface area contributed by atoms with E-state index in [1.54, 1.807) is 24.3 Å². The molecule has 0 atom stereocenters. The van der Waals surface area contributed by atoms with Crippen LogP contribution in [0.1, 0.15) is 11.1 Å². The molecule has 132 valence electrons. The van der Waals surface area contributed by atoms with Gasteiger partial charge >= 0.3 is 0 Å². The Hall–Kier alpha value is -3.19. The summed E-state index contributed by atoms with van der Waals surface area (Å²) in [6, 6.07) is 11.8. The lowest BCUT2D eigenvalue weighted by Crippen LogP contribution is -2.54. The molecule has 0 spiro atoms. The first-order chi connectivity index (χ1) is 12.4. The predicted octanol–water partition coefficient (Wildman–Crippen LogP) is 2.54. The molecule has 1 heterocycles. The van der Waals surface area contributed by atoms with Crippen molar-refractivity contribution < 1.29 is 19.4 Å². The van der Waals surface area contributed by atoms with Gasteiger partial charge in [0, 0.05) is 0 Å². The Balaban J connectivity index is 1.99. The Morgan fingerprint density at radius 1 is 1.15 bits per heavy atom. The molecule has 0 aromatic heterocycles. The fourth-order valence-corrected chi connectivity index (χ4v) is 2.83. The number of aromatic hydroxyl groups is 1. The minimum Gasteiger partial charge on any atom is -0.504 e. The molecule has 2 aromatic carbocycles. The topological polar surface area (TPSA) is 78.9 Å². The second-order valence-electron chi connectivity index (χ2n) is 5.72. The molecule has 2 N–H and O–H groups in total. The van der Waals surface area contributed by atoms with Gasteiger partial charge in [0.2, 0.25) is 0 Å². The zero-order valence-corrected chi connectivity index (χ0v) is 15.0. The number of carbonyl (C=O) groups excluding carboxylic acids is 2. The lowest BCUT2D eigenvalue weighted by molar-refractivity contribution is -0.122. The number of rotatable bonds is 3. The molecule has 1 fully saturated rings. The van der Waals surface area contributed by atoms with E-state index in [9.17, 15) is 14.7 Å². The van der Waals surface area contributed by atoms with E-state index in [1.807, 2.05) is 19.1 Å². The lowest BCUT2D eigenvalue weighted by atomic mass is 10.1. The van der Waals surface area contributed by atoms with E-state index in [1.165, 1.54) is 24.2 Å². The summed E-state index contributed by atoms with van der Waals surface area (Å²) in [5.41, 5.74) is 2.01. The van der Waals surface area contributed by atoms with E-state index in [-0.39, 0.29) is 16.4 Å². The van der Waals surface area contributed by atoms with Crippen molar-refractivity contribution in [3.05, 3.63) is 59.2 Å². The molecule has 26 heavy (non-hydrogen) atoms. The monoisotopic (exact) mass is 368 g/mol. The smallest absolute Gasteiger partial charge is 0.270 e. The van der Waals surface area contributed by atoms with Crippen LogP contribution in [0.2, 0.25) is 0 Å². The van der Waals surface area contributed by atoms with Crippen molar-refractivity contribution in [3.8, 4) is 11.5 Å². The van der Waals surface area contributed by atoms with Gasteiger partial charge in [-0.1, -0.05) is 23.8 Å². The number of nitrogens with one attached hydrogen (secondary N) is 1. The third-order valence-electron chi connectivity index (χ3n) is 3.91. The van der Waals surface area contributed by atoms with Gasteiger partial charge < -0.3 is 9.84 Å². The molecule has 3 rings (SSSR count). The van der Waals surface area contributed by atoms with Crippen LogP contribution in [-0.4, -0.2) is 29.1 Å². The van der Waals surface area contributed by atoms with Crippen LogP contribution in [0.5, 0.6) is 11.5 Å². The summed E-state index contributed by atoms with van der Waals surface area (Å²) >= 11 is 5.16. The van der Waals surface area contributed by atoms with Gasteiger partial charge in [0.25, 0.3) is 11.8 Å². The van der Waals surface area contributed by atoms with Gasteiger partial charge in [-0.05, 0) is 55.0 Å². The van der Waals surface area contributed by atoms with Gasteiger partial charge in [-0.25, -0.2) is 0 Å². The SMILES string of the molecule is COc1ccc(/C=C2/C(=O)NC(=S)N(c3ccc(C)cc3)C2=O)cc1O. The zero-order valence-electron chi connectivity index (χ0n) is 14.1. The summed E-state index contributed by atoms with van der Waals surface area (Å²) < 4.78 is 4.99. The normalized spacial score (nSPS) is 16.0. The molecular formula is C19H16N2O4S. The van der Waals surface area contributed by atoms with E-state index in [4.69, 9.17) is 17.0 Å². The molecule has 0 saturated carbocycles. The van der Waals surface area contributed by atoms with Crippen LogP contribution < -0.4 is 15.0 Å². The van der Waals surface area contributed by atoms with Crippen molar-refractivity contribution >= 4 is 40.9 Å². The number of amides is 2. The molecule has 0 bridgehead atoms. The summed E-state index contributed by atoms with van der Waals surface area (Å²) in [4.78, 5) is 26.4. The number of carbonyl (C=O) groups is 2. The molecule has 0 radical (unpaired) electrons. The summed E-state index contributed by atoms with van der Waals surface area (Å²) in [5, 5.41) is 12.4. The number of anilines is 1. The minimum absolute atomic E-state index is 0.0265. The van der Waals surface area contributed by atoms with Crippen LogP contribution >= 0.6 is 12.2 Å². The van der Waals surface area contributed by atoms with Crippen LogP contribution in [0.4, 0.5) is 5.69 Å². The minimum atomic E-state index is -0.585. The number of hydrogen-bond acceptors (Lipinski definition) is 5. The maximum absolute atomic E-state index is 12.9. The van der Waals surface area contributed by atoms with Crippen LogP contribution in [0, 0.1) is 6.92 Å². The van der Waals surface area contributed by atoms with Crippen molar-refractivity contribution in [1.82, 2.24) is 5.32 Å². The van der Waals surface area contributed by atoms with Crippen molar-refractivity contribution in [2.75, 3.05) is 12.0 Å². The molecule has 2 amide bonds. The number of thiocarbonyl (C=S) groups is 1. The van der Waals surface area contributed by atoms with Gasteiger partial charge in [-0.2, -0.15) is 0 Å². The summed E-state index contributed by atoms with van der Waals surface area (Å²) in [7, 11) is 1.44. The highest BCUT2D eigenvalue weighted by Crippen LogP contribution is 2.28. The first-order valence-electron chi connectivity index (χ1n) is 7.76. The number of hydrogen-bond donors (Lipinski definition) is 2. The maximum Gasteiger partial charge on any atom is 0.270 e. The largest absolute Gasteiger partial charge is 0.504 e. The average Bonchev–Trinajstić information content (AvgIpc) is 2.60. The predicted molar refractivity (Wildman–Crippen MR) is 102 cm³/mol. The first-order valence-corrected chi connectivity index (χ1v) is 8.16. The molecule has 6 nitrogen and oxygen atoms in total. The number of ether oxygens (including phenoxy) is 1. The fraction of sp³-hybridized carbons (Fsp3) is 0.105. The number of phenols is 1. The standard InChI is InChI=1S/C19H16N2O4S/c1-11-3-6-13(7-4-11)21-18(24)14(17(23)20-19(21)26)9-12-5-8-16(25-2)15(22)10-12/h3-10,22H,1-2H3,(H,20,23,26)/b14-9-. The number of aryl methyl sites for hydroxylation is 1. The Bertz CT molecular complexity index is 935.